The van der Waals surface area contributed by atoms with Gasteiger partial charge in [-0.2, -0.15) is 0 Å². The molecule has 4 aromatic rings. The Hall–Kier alpha value is -5.28. The number of ether oxygens (including phenoxy) is 2. The Labute approximate surface area is 301 Å². The van der Waals surface area contributed by atoms with Crippen LogP contribution in [0.3, 0.4) is 0 Å². The van der Waals surface area contributed by atoms with Crippen LogP contribution in [0.25, 0.3) is 5.57 Å². The monoisotopic (exact) mass is 665 g/mol. The van der Waals surface area contributed by atoms with Crippen molar-refractivity contribution in [3.63, 3.8) is 0 Å². The zero-order valence-corrected chi connectivity index (χ0v) is 29.0. The van der Waals surface area contributed by atoms with Crippen molar-refractivity contribution in [3.8, 4) is 11.5 Å². The molecule has 3 nitrogen and oxygen atoms in total. The summed E-state index contributed by atoms with van der Waals surface area (Å²) in [5.41, 5.74) is 13.1. The van der Waals surface area contributed by atoms with Gasteiger partial charge in [0.2, 0.25) is 0 Å². The lowest BCUT2D eigenvalue weighted by Gasteiger charge is -2.32. The van der Waals surface area contributed by atoms with Gasteiger partial charge >= 0.3 is 0 Å². The fourth-order valence-electron chi connectivity index (χ4n) is 9.34. The molecule has 51 heavy (non-hydrogen) atoms. The molecule has 2 aliphatic heterocycles. The molecule has 0 bridgehead atoms. The maximum Gasteiger partial charge on any atom is 0.135 e. The van der Waals surface area contributed by atoms with E-state index in [1.54, 1.807) is 0 Å². The van der Waals surface area contributed by atoms with Crippen molar-refractivity contribution >= 4 is 16.9 Å². The van der Waals surface area contributed by atoms with Gasteiger partial charge in [0.05, 0.1) is 0 Å². The summed E-state index contributed by atoms with van der Waals surface area (Å²) in [7, 11) is 0. The van der Waals surface area contributed by atoms with Crippen LogP contribution < -0.4 is 14.4 Å². The number of fused-ring (bicyclic) bond motifs is 6. The second-order valence-electron chi connectivity index (χ2n) is 14.8. The zero-order chi connectivity index (χ0) is 33.7. The molecule has 0 spiro atoms. The van der Waals surface area contributed by atoms with Crippen LogP contribution in [0, 0.1) is 0 Å². The molecule has 4 atom stereocenters. The first-order valence-electron chi connectivity index (χ1n) is 19.0. The lowest BCUT2D eigenvalue weighted by molar-refractivity contribution is 0.278. The molecule has 4 aromatic carbocycles. The lowest BCUT2D eigenvalue weighted by Crippen LogP contribution is -2.22. The zero-order valence-electron chi connectivity index (χ0n) is 29.0. The summed E-state index contributed by atoms with van der Waals surface area (Å²) in [4.78, 5) is 2.50. The van der Waals surface area contributed by atoms with Gasteiger partial charge in [-0.3, -0.25) is 0 Å². The highest BCUT2D eigenvalue weighted by molar-refractivity contribution is 5.78. The maximum absolute atomic E-state index is 6.55. The van der Waals surface area contributed by atoms with Gasteiger partial charge in [-0.05, 0) is 116 Å². The number of hydrogen-bond acceptors (Lipinski definition) is 3. The minimum atomic E-state index is 0.00517. The fourth-order valence-corrected chi connectivity index (χ4v) is 9.34. The number of benzene rings is 4. The number of allylic oxidation sites excluding steroid dienone is 10. The topological polar surface area (TPSA) is 21.7 Å². The van der Waals surface area contributed by atoms with Crippen molar-refractivity contribution in [1.82, 2.24) is 0 Å². The molecule has 0 aromatic heterocycles. The Balaban J connectivity index is 0.997. The summed E-state index contributed by atoms with van der Waals surface area (Å²) in [6.07, 6.45) is 25.4. The number of hydrogen-bond donors (Lipinski definition) is 0. The first-order valence-corrected chi connectivity index (χ1v) is 19.0. The second-order valence-corrected chi connectivity index (χ2v) is 14.8. The molecule has 0 amide bonds. The van der Waals surface area contributed by atoms with Gasteiger partial charge in [0.25, 0.3) is 0 Å². The molecule has 0 saturated carbocycles. The quantitative estimate of drug-likeness (QED) is 0.191. The van der Waals surface area contributed by atoms with Crippen molar-refractivity contribution in [3.05, 3.63) is 184 Å². The highest BCUT2D eigenvalue weighted by Crippen LogP contribution is 2.51. The van der Waals surface area contributed by atoms with E-state index in [0.29, 0.717) is 11.8 Å². The average molecular weight is 666 g/mol. The van der Waals surface area contributed by atoms with Gasteiger partial charge in [-0.1, -0.05) is 97.1 Å². The largest absolute Gasteiger partial charge is 0.484 e. The smallest absolute Gasteiger partial charge is 0.135 e. The van der Waals surface area contributed by atoms with Crippen LogP contribution in [-0.4, -0.2) is 6.10 Å². The predicted molar refractivity (Wildman–Crippen MR) is 208 cm³/mol. The van der Waals surface area contributed by atoms with Crippen molar-refractivity contribution in [1.29, 1.82) is 0 Å². The average Bonchev–Trinajstić information content (AvgIpc) is 3.78. The summed E-state index contributed by atoms with van der Waals surface area (Å²) < 4.78 is 13.1. The predicted octanol–water partition coefficient (Wildman–Crippen LogP) is 12.4. The van der Waals surface area contributed by atoms with E-state index in [4.69, 9.17) is 9.47 Å². The SMILES string of the molecule is C1=CC2c3ccccc3OC2C(c2ccc(N(C3=CC=C(C4=C5Oc6ccccc6C5CCC4)CC3)c3cccc(C4C=CCCC4)c3)cc2)=C1. The fraction of sp³-hybridized carbons (Fsp3) is 0.250. The highest BCUT2D eigenvalue weighted by atomic mass is 16.5. The summed E-state index contributed by atoms with van der Waals surface area (Å²) >= 11 is 0. The minimum Gasteiger partial charge on any atom is -0.484 e. The standard InChI is InChI=1S/C48H43NO2/c1-2-11-32(12-3-1)35-13-8-14-38(31-35)49(36-27-23-33(24-28-36)39-17-9-19-43-41-15-4-6-21-45(41)50-47(39)43)37-29-25-34(26-30-37)40-18-10-20-44-42-16-5-7-22-46(42)51-48(40)44/h2,4-9,11,13-17,19,21-25,27-29,31-32,43-44,47H,1,3,10,12,18,20,26,30H2. The Morgan fingerprint density at radius 3 is 2.37 bits per heavy atom. The molecule has 3 heteroatoms. The number of anilines is 2. The molecular weight excluding hydrogens is 623 g/mol. The van der Waals surface area contributed by atoms with E-state index >= 15 is 0 Å². The Kier molecular flexibility index (Phi) is 7.66. The van der Waals surface area contributed by atoms with Crippen LogP contribution in [-0.2, 0) is 0 Å². The first-order chi connectivity index (χ1) is 25.3. The number of rotatable bonds is 6. The van der Waals surface area contributed by atoms with Gasteiger partial charge in [0.1, 0.15) is 23.4 Å². The first kappa shape index (κ1) is 30.5. The normalized spacial score (nSPS) is 24.3. The van der Waals surface area contributed by atoms with Crippen molar-refractivity contribution < 1.29 is 9.47 Å². The van der Waals surface area contributed by atoms with Gasteiger partial charge < -0.3 is 14.4 Å². The van der Waals surface area contributed by atoms with Crippen LogP contribution in [0.15, 0.2) is 162 Å². The van der Waals surface area contributed by atoms with Gasteiger partial charge in [-0.15, -0.1) is 0 Å². The highest BCUT2D eigenvalue weighted by Gasteiger charge is 2.37. The van der Waals surface area contributed by atoms with E-state index in [9.17, 15) is 0 Å². The summed E-state index contributed by atoms with van der Waals surface area (Å²) in [5.74, 6) is 4.38. The van der Waals surface area contributed by atoms with E-state index in [1.807, 2.05) is 0 Å². The summed E-state index contributed by atoms with van der Waals surface area (Å²) in [6.45, 7) is 0. The molecule has 0 radical (unpaired) electrons. The van der Waals surface area contributed by atoms with Crippen molar-refractivity contribution in [2.75, 3.05) is 4.90 Å². The number of para-hydroxylation sites is 2. The molecular formula is C48H43NO2. The lowest BCUT2D eigenvalue weighted by atomic mass is 9.80. The van der Waals surface area contributed by atoms with E-state index in [1.165, 1.54) is 93.9 Å². The maximum atomic E-state index is 6.55. The van der Waals surface area contributed by atoms with Crippen molar-refractivity contribution in [2.24, 2.45) is 0 Å². The van der Waals surface area contributed by atoms with E-state index in [-0.39, 0.29) is 12.0 Å². The van der Waals surface area contributed by atoms with Gasteiger partial charge in [0.15, 0.2) is 0 Å². The van der Waals surface area contributed by atoms with Gasteiger partial charge in [-0.25, -0.2) is 0 Å². The molecule has 10 rings (SSSR count). The third-order valence-corrected chi connectivity index (χ3v) is 11.9. The Bertz CT molecular complexity index is 2190. The molecule has 4 aliphatic carbocycles. The second kappa shape index (κ2) is 12.8. The third kappa shape index (κ3) is 5.42. The van der Waals surface area contributed by atoms with Crippen LogP contribution in [0.1, 0.15) is 91.4 Å². The molecule has 4 unspecified atom stereocenters. The van der Waals surface area contributed by atoms with Crippen molar-refractivity contribution in [2.45, 2.75) is 75.2 Å². The van der Waals surface area contributed by atoms with E-state index in [2.05, 4.69) is 144 Å². The minimum absolute atomic E-state index is 0.00517. The van der Waals surface area contributed by atoms with Crippen LogP contribution in [0.4, 0.5) is 11.4 Å². The van der Waals surface area contributed by atoms with Crippen LogP contribution in [0.5, 0.6) is 11.5 Å². The molecule has 0 fully saturated rings. The third-order valence-electron chi connectivity index (χ3n) is 11.9. The van der Waals surface area contributed by atoms with Crippen LogP contribution in [0.2, 0.25) is 0 Å². The molecule has 2 heterocycles. The molecule has 252 valence electrons. The Morgan fingerprint density at radius 2 is 1.53 bits per heavy atom. The molecule has 6 aliphatic rings. The summed E-state index contributed by atoms with van der Waals surface area (Å²) in [6, 6.07) is 35.6. The van der Waals surface area contributed by atoms with E-state index < -0.39 is 0 Å². The summed E-state index contributed by atoms with van der Waals surface area (Å²) in [5, 5.41) is 0. The molecule has 0 N–H and O–H groups in total. The van der Waals surface area contributed by atoms with Gasteiger partial charge in [0, 0.05) is 51.5 Å². The number of nitrogens with zero attached hydrogens (tertiary/aromatic N) is 1. The Morgan fingerprint density at radius 1 is 0.667 bits per heavy atom. The van der Waals surface area contributed by atoms with Crippen LogP contribution >= 0.6 is 0 Å². The van der Waals surface area contributed by atoms with E-state index in [0.717, 1.165) is 30.8 Å². The molecule has 0 saturated heterocycles.